The number of fused-ring (bicyclic) bond motifs is 1. The Hall–Kier alpha value is -1.55. The molecule has 0 aliphatic rings. The number of nitrogens with one attached hydrogen (secondary N) is 1. The Morgan fingerprint density at radius 1 is 0.852 bits per heavy atom. The molecule has 152 valence electrons. The van der Waals surface area contributed by atoms with E-state index in [0.717, 1.165) is 31.1 Å². The van der Waals surface area contributed by atoms with Crippen LogP contribution in [0.2, 0.25) is 0 Å². The molecular weight excluding hydrogens is 332 g/mol. The molecule has 0 spiro atoms. The first-order valence-electron chi connectivity index (χ1n) is 11.2. The normalized spacial score (nSPS) is 11.6. The Balaban J connectivity index is 1.97. The van der Waals surface area contributed by atoms with Crippen LogP contribution in [0.4, 0.5) is 5.95 Å². The number of imidazole rings is 1. The smallest absolute Gasteiger partial charge is 0.203 e. The molecular formula is C23H40N4. The van der Waals surface area contributed by atoms with Crippen molar-refractivity contribution in [1.29, 1.82) is 0 Å². The third-order valence-corrected chi connectivity index (χ3v) is 5.26. The van der Waals surface area contributed by atoms with Crippen LogP contribution < -0.4 is 5.32 Å². The number of rotatable bonds is 15. The van der Waals surface area contributed by atoms with Crippen molar-refractivity contribution in [3.63, 3.8) is 0 Å². The van der Waals surface area contributed by atoms with Gasteiger partial charge in [-0.1, -0.05) is 65.0 Å². The zero-order valence-electron chi connectivity index (χ0n) is 17.8. The van der Waals surface area contributed by atoms with Gasteiger partial charge in [0.1, 0.15) is 0 Å². The number of hydrogen-bond donors (Lipinski definition) is 1. The zero-order chi connectivity index (χ0) is 19.3. The van der Waals surface area contributed by atoms with Crippen molar-refractivity contribution in [2.24, 2.45) is 0 Å². The summed E-state index contributed by atoms with van der Waals surface area (Å²) in [6.07, 6.45) is 10.2. The lowest BCUT2D eigenvalue weighted by Gasteiger charge is -2.22. The van der Waals surface area contributed by atoms with Gasteiger partial charge in [0.2, 0.25) is 5.95 Å². The first kappa shape index (κ1) is 21.7. The lowest BCUT2D eigenvalue weighted by atomic mass is 10.2. The van der Waals surface area contributed by atoms with Crippen LogP contribution in [0, 0.1) is 0 Å². The maximum atomic E-state index is 4.87. The van der Waals surface area contributed by atoms with Crippen LogP contribution in [-0.4, -0.2) is 40.6 Å². The van der Waals surface area contributed by atoms with E-state index in [1.807, 2.05) is 0 Å². The van der Waals surface area contributed by atoms with Crippen molar-refractivity contribution in [1.82, 2.24) is 14.5 Å². The molecule has 1 aromatic heterocycles. The molecule has 0 radical (unpaired) electrons. The van der Waals surface area contributed by atoms with Crippen LogP contribution in [0.25, 0.3) is 11.0 Å². The van der Waals surface area contributed by atoms with E-state index >= 15 is 0 Å². The van der Waals surface area contributed by atoms with Crippen molar-refractivity contribution >= 4 is 17.0 Å². The second-order valence-corrected chi connectivity index (χ2v) is 7.61. The largest absolute Gasteiger partial charge is 0.354 e. The Morgan fingerprint density at radius 3 is 2.26 bits per heavy atom. The number of nitrogens with zero attached hydrogens (tertiary/aromatic N) is 3. The van der Waals surface area contributed by atoms with Gasteiger partial charge in [-0.15, -0.1) is 0 Å². The van der Waals surface area contributed by atoms with Crippen LogP contribution >= 0.6 is 0 Å². The number of unbranched alkanes of at least 4 members (excludes halogenated alkanes) is 5. The Morgan fingerprint density at radius 2 is 1.56 bits per heavy atom. The minimum absolute atomic E-state index is 0.964. The average molecular weight is 373 g/mol. The van der Waals surface area contributed by atoms with E-state index in [0.29, 0.717) is 0 Å². The van der Waals surface area contributed by atoms with Gasteiger partial charge in [-0.25, -0.2) is 4.98 Å². The molecule has 1 N–H and O–H groups in total. The predicted octanol–water partition coefficient (Wildman–Crippen LogP) is 5.93. The van der Waals surface area contributed by atoms with Gasteiger partial charge >= 0.3 is 0 Å². The van der Waals surface area contributed by atoms with Gasteiger partial charge in [0.25, 0.3) is 0 Å². The van der Waals surface area contributed by atoms with Crippen molar-refractivity contribution in [2.45, 2.75) is 78.7 Å². The standard InChI is InChI=1S/C23H40N4/c1-4-7-10-13-19-27-22-15-12-11-14-21(22)25-23(27)24-16-20-26(17-8-5-2)18-9-6-3/h11-12,14-15H,4-10,13,16-20H2,1-3H3,(H,24,25). The summed E-state index contributed by atoms with van der Waals surface area (Å²) in [7, 11) is 0. The highest BCUT2D eigenvalue weighted by Crippen LogP contribution is 2.20. The molecule has 0 aliphatic heterocycles. The summed E-state index contributed by atoms with van der Waals surface area (Å²) in [4.78, 5) is 7.47. The number of anilines is 1. The molecule has 1 heterocycles. The van der Waals surface area contributed by atoms with Crippen LogP contribution in [-0.2, 0) is 6.54 Å². The monoisotopic (exact) mass is 372 g/mol. The fourth-order valence-corrected chi connectivity index (χ4v) is 3.56. The van der Waals surface area contributed by atoms with Crippen LogP contribution in [0.15, 0.2) is 24.3 Å². The first-order chi connectivity index (χ1) is 13.3. The van der Waals surface area contributed by atoms with Crippen molar-refractivity contribution in [2.75, 3.05) is 31.5 Å². The number of para-hydroxylation sites is 2. The van der Waals surface area contributed by atoms with Crippen molar-refractivity contribution in [3.05, 3.63) is 24.3 Å². The SMILES string of the molecule is CCCCCCn1c(NCCN(CCCC)CCCC)nc2ccccc21. The molecule has 0 atom stereocenters. The molecule has 2 aromatic rings. The van der Waals surface area contributed by atoms with Gasteiger partial charge in [-0.05, 0) is 44.5 Å². The van der Waals surface area contributed by atoms with E-state index in [-0.39, 0.29) is 0 Å². The van der Waals surface area contributed by atoms with Crippen LogP contribution in [0.1, 0.15) is 72.1 Å². The minimum atomic E-state index is 0.964. The summed E-state index contributed by atoms with van der Waals surface area (Å²) in [6, 6.07) is 8.52. The molecule has 0 saturated carbocycles. The Kier molecular flexibility index (Phi) is 10.3. The highest BCUT2D eigenvalue weighted by Gasteiger charge is 2.10. The lowest BCUT2D eigenvalue weighted by molar-refractivity contribution is 0.275. The molecule has 0 fully saturated rings. The van der Waals surface area contributed by atoms with E-state index in [9.17, 15) is 0 Å². The van der Waals surface area contributed by atoms with E-state index in [2.05, 4.69) is 59.8 Å². The molecule has 4 heteroatoms. The summed E-state index contributed by atoms with van der Waals surface area (Å²) >= 11 is 0. The third-order valence-electron chi connectivity index (χ3n) is 5.26. The van der Waals surface area contributed by atoms with Crippen LogP contribution in [0.5, 0.6) is 0 Å². The second kappa shape index (κ2) is 12.8. The van der Waals surface area contributed by atoms with E-state index < -0.39 is 0 Å². The van der Waals surface area contributed by atoms with Gasteiger partial charge in [0, 0.05) is 19.6 Å². The molecule has 0 aliphatic carbocycles. The third kappa shape index (κ3) is 7.17. The topological polar surface area (TPSA) is 33.1 Å². The van der Waals surface area contributed by atoms with Gasteiger partial charge in [0.05, 0.1) is 11.0 Å². The molecule has 1 aromatic carbocycles. The number of aryl methyl sites for hydroxylation is 1. The molecule has 0 amide bonds. The van der Waals surface area contributed by atoms with E-state index in [1.165, 1.54) is 70.0 Å². The van der Waals surface area contributed by atoms with E-state index in [4.69, 9.17) is 4.98 Å². The summed E-state index contributed by atoms with van der Waals surface area (Å²) in [5.74, 6) is 1.04. The van der Waals surface area contributed by atoms with Gasteiger partial charge in [-0.3, -0.25) is 0 Å². The Bertz CT molecular complexity index is 626. The highest BCUT2D eigenvalue weighted by molar-refractivity contribution is 5.78. The summed E-state index contributed by atoms with van der Waals surface area (Å²) < 4.78 is 2.38. The highest BCUT2D eigenvalue weighted by atomic mass is 15.2. The van der Waals surface area contributed by atoms with Gasteiger partial charge in [0.15, 0.2) is 0 Å². The molecule has 0 saturated heterocycles. The maximum absolute atomic E-state index is 4.87. The number of aromatic nitrogens is 2. The molecule has 27 heavy (non-hydrogen) atoms. The fraction of sp³-hybridized carbons (Fsp3) is 0.696. The molecule has 2 rings (SSSR count). The Labute approximate surface area is 166 Å². The molecule has 0 unspecified atom stereocenters. The summed E-state index contributed by atoms with van der Waals surface area (Å²) in [5, 5.41) is 3.64. The zero-order valence-corrected chi connectivity index (χ0v) is 17.8. The summed E-state index contributed by atoms with van der Waals surface area (Å²) in [6.45, 7) is 12.4. The molecule has 4 nitrogen and oxygen atoms in total. The van der Waals surface area contributed by atoms with E-state index in [1.54, 1.807) is 0 Å². The van der Waals surface area contributed by atoms with Gasteiger partial charge in [-0.2, -0.15) is 0 Å². The number of benzene rings is 1. The van der Waals surface area contributed by atoms with Crippen molar-refractivity contribution in [3.8, 4) is 0 Å². The average Bonchev–Trinajstić information content (AvgIpc) is 3.04. The maximum Gasteiger partial charge on any atom is 0.203 e. The predicted molar refractivity (Wildman–Crippen MR) is 119 cm³/mol. The van der Waals surface area contributed by atoms with Crippen molar-refractivity contribution < 1.29 is 0 Å². The lowest BCUT2D eigenvalue weighted by Crippen LogP contribution is -2.31. The minimum Gasteiger partial charge on any atom is -0.354 e. The van der Waals surface area contributed by atoms with Crippen LogP contribution in [0.3, 0.4) is 0 Å². The molecule has 0 bridgehead atoms. The summed E-state index contributed by atoms with van der Waals surface area (Å²) in [5.41, 5.74) is 2.36. The first-order valence-corrected chi connectivity index (χ1v) is 11.2. The van der Waals surface area contributed by atoms with Gasteiger partial charge < -0.3 is 14.8 Å². The quantitative estimate of drug-likeness (QED) is 0.393. The number of hydrogen-bond acceptors (Lipinski definition) is 3. The fourth-order valence-electron chi connectivity index (χ4n) is 3.56. The second-order valence-electron chi connectivity index (χ2n) is 7.61.